The van der Waals surface area contributed by atoms with E-state index in [-0.39, 0.29) is 49.5 Å². The van der Waals surface area contributed by atoms with Gasteiger partial charge in [-0.15, -0.1) is 6.04 Å². The Morgan fingerprint density at radius 1 is 1.67 bits per heavy atom. The SMILES string of the molecule is C=NC([CH-]C(N)CCO)C(O)C(C)=N.[U]. The zero-order valence-corrected chi connectivity index (χ0v) is 13.0. The number of rotatable bonds is 7. The maximum Gasteiger partial charge on any atom is 0.0856 e. The minimum atomic E-state index is -0.975. The molecular weight excluding hydrogens is 420 g/mol. The van der Waals surface area contributed by atoms with Gasteiger partial charge in [0.15, 0.2) is 0 Å². The molecule has 0 rings (SSSR count). The van der Waals surface area contributed by atoms with Gasteiger partial charge in [0, 0.05) is 43.4 Å². The van der Waals surface area contributed by atoms with Crippen LogP contribution in [0.1, 0.15) is 13.3 Å². The molecule has 15 heavy (non-hydrogen) atoms. The quantitative estimate of drug-likeness (QED) is 0.315. The summed E-state index contributed by atoms with van der Waals surface area (Å²) in [5, 5.41) is 25.3. The Balaban J connectivity index is 0. The van der Waals surface area contributed by atoms with Crippen molar-refractivity contribution in [3.63, 3.8) is 0 Å². The molecule has 0 amide bonds. The van der Waals surface area contributed by atoms with Gasteiger partial charge in [0.25, 0.3) is 0 Å². The molecular formula is C9H18N3O2U-. The van der Waals surface area contributed by atoms with Crippen LogP contribution in [0.4, 0.5) is 0 Å². The molecule has 5 nitrogen and oxygen atoms in total. The fourth-order valence-corrected chi connectivity index (χ4v) is 1.02. The third-order valence-corrected chi connectivity index (χ3v) is 1.88. The van der Waals surface area contributed by atoms with Crippen LogP contribution in [-0.4, -0.2) is 47.4 Å². The zero-order valence-electron chi connectivity index (χ0n) is 8.85. The van der Waals surface area contributed by atoms with E-state index in [4.69, 9.17) is 16.2 Å². The average molecular weight is 438 g/mol. The summed E-state index contributed by atoms with van der Waals surface area (Å²) in [6, 6.07) is -0.918. The number of hydrogen-bond acceptors (Lipinski definition) is 5. The third kappa shape index (κ3) is 7.20. The molecule has 0 aliphatic carbocycles. The normalized spacial score (nSPS) is 16.0. The van der Waals surface area contributed by atoms with E-state index in [1.54, 1.807) is 6.42 Å². The van der Waals surface area contributed by atoms with Gasteiger partial charge in [0.1, 0.15) is 0 Å². The average Bonchev–Trinajstić information content (AvgIpc) is 2.13. The molecule has 0 aliphatic heterocycles. The molecule has 0 bridgehead atoms. The first-order chi connectivity index (χ1) is 6.52. The molecule has 3 atom stereocenters. The van der Waals surface area contributed by atoms with E-state index in [9.17, 15) is 5.11 Å². The minimum absolute atomic E-state index is 0. The van der Waals surface area contributed by atoms with Gasteiger partial charge in [-0.05, 0) is 26.1 Å². The first kappa shape index (κ1) is 17.7. The molecule has 0 spiro atoms. The Morgan fingerprint density at radius 2 is 2.20 bits per heavy atom. The number of nitrogens with zero attached hydrogens (tertiary/aromatic N) is 1. The first-order valence-corrected chi connectivity index (χ1v) is 4.43. The number of nitrogens with one attached hydrogen (secondary N) is 1. The van der Waals surface area contributed by atoms with Crippen LogP contribution in [0, 0.1) is 42.9 Å². The van der Waals surface area contributed by atoms with E-state index >= 15 is 0 Å². The monoisotopic (exact) mass is 438 g/mol. The van der Waals surface area contributed by atoms with Crippen molar-refractivity contribution in [2.75, 3.05) is 6.61 Å². The van der Waals surface area contributed by atoms with E-state index in [0.29, 0.717) is 6.42 Å². The molecule has 0 aliphatic rings. The Labute approximate surface area is 114 Å². The minimum Gasteiger partial charge on any atom is -0.396 e. The van der Waals surface area contributed by atoms with Crippen molar-refractivity contribution >= 4 is 12.4 Å². The first-order valence-electron chi connectivity index (χ1n) is 4.43. The molecule has 3 unspecified atom stereocenters. The van der Waals surface area contributed by atoms with Crippen LogP contribution in [0.2, 0.25) is 0 Å². The summed E-state index contributed by atoms with van der Waals surface area (Å²) in [7, 11) is 0. The van der Waals surface area contributed by atoms with Crippen molar-refractivity contribution in [3.05, 3.63) is 6.42 Å². The summed E-state index contributed by atoms with van der Waals surface area (Å²) in [4.78, 5) is 3.67. The summed E-state index contributed by atoms with van der Waals surface area (Å²) in [5.74, 6) is 0. The van der Waals surface area contributed by atoms with E-state index in [1.807, 2.05) is 0 Å². The molecule has 0 aromatic heterocycles. The molecule has 0 heterocycles. The summed E-state index contributed by atoms with van der Waals surface area (Å²) in [6.07, 6.45) is 1.03. The fraction of sp³-hybridized carbons (Fsp3) is 0.667. The van der Waals surface area contributed by atoms with Crippen LogP contribution in [0.3, 0.4) is 0 Å². The van der Waals surface area contributed by atoms with Gasteiger partial charge in [-0.1, -0.05) is 0 Å². The number of aliphatic imine (C=N–C) groups is 1. The fourth-order valence-electron chi connectivity index (χ4n) is 1.02. The van der Waals surface area contributed by atoms with Crippen LogP contribution in [0.5, 0.6) is 0 Å². The van der Waals surface area contributed by atoms with E-state index < -0.39 is 12.1 Å². The van der Waals surface area contributed by atoms with E-state index in [2.05, 4.69) is 11.7 Å². The van der Waals surface area contributed by atoms with Crippen molar-refractivity contribution in [1.82, 2.24) is 0 Å². The maximum absolute atomic E-state index is 9.50. The van der Waals surface area contributed by atoms with Crippen LogP contribution < -0.4 is 5.73 Å². The Morgan fingerprint density at radius 3 is 2.53 bits per heavy atom. The van der Waals surface area contributed by atoms with Gasteiger partial charge in [0.2, 0.25) is 0 Å². The Hall–Kier alpha value is 0.272. The summed E-state index contributed by atoms with van der Waals surface area (Å²) < 4.78 is 0. The number of nitrogens with two attached hydrogens (primary N) is 1. The van der Waals surface area contributed by atoms with Crippen LogP contribution in [0.25, 0.3) is 0 Å². The maximum atomic E-state index is 9.50. The van der Waals surface area contributed by atoms with Crippen molar-refractivity contribution in [1.29, 1.82) is 5.41 Å². The molecule has 86 valence electrons. The number of aliphatic hydroxyl groups excluding tert-OH is 2. The van der Waals surface area contributed by atoms with Crippen molar-refractivity contribution in [3.8, 4) is 0 Å². The Bertz CT molecular complexity index is 202. The number of hydrogen-bond donors (Lipinski definition) is 4. The topological polar surface area (TPSA) is 103 Å². The predicted molar refractivity (Wildman–Crippen MR) is 56.7 cm³/mol. The second-order valence-electron chi connectivity index (χ2n) is 3.17. The summed E-state index contributed by atoms with van der Waals surface area (Å²) in [6.45, 7) is 4.80. The van der Waals surface area contributed by atoms with Gasteiger partial charge in [-0.25, -0.2) is 0 Å². The van der Waals surface area contributed by atoms with Gasteiger partial charge in [-0.3, -0.25) is 6.42 Å². The molecule has 0 radical (unpaired) electrons. The molecule has 0 saturated heterocycles. The van der Waals surface area contributed by atoms with Gasteiger partial charge >= 0.3 is 0 Å². The molecule has 0 aromatic rings. The smallest absolute Gasteiger partial charge is 0.0856 e. The third-order valence-electron chi connectivity index (χ3n) is 1.88. The Kier molecular flexibility index (Phi) is 11.2. The second kappa shape index (κ2) is 9.49. The molecule has 6 heteroatoms. The van der Waals surface area contributed by atoms with Gasteiger partial charge in [0.05, 0.1) is 6.10 Å². The van der Waals surface area contributed by atoms with E-state index in [0.717, 1.165) is 0 Å². The van der Waals surface area contributed by atoms with Gasteiger partial charge in [-0.2, -0.15) is 0 Å². The standard InChI is InChI=1S/C9H18N3O2.U/c1-6(10)9(14)8(12-2)5-7(11)3-4-13;/h5,7-10,13-14H,2-4,11H2,1H3;/q-1;. The zero-order chi connectivity index (χ0) is 11.1. The molecule has 5 N–H and O–H groups in total. The van der Waals surface area contributed by atoms with Crippen molar-refractivity contribution in [2.24, 2.45) is 10.7 Å². The van der Waals surface area contributed by atoms with Crippen LogP contribution in [0.15, 0.2) is 4.99 Å². The summed E-state index contributed by atoms with van der Waals surface area (Å²) >= 11 is 0. The largest absolute Gasteiger partial charge is 0.396 e. The van der Waals surface area contributed by atoms with Crippen LogP contribution >= 0.6 is 0 Å². The van der Waals surface area contributed by atoms with E-state index in [1.165, 1.54) is 6.92 Å². The predicted octanol–water partition coefficient (Wildman–Crippen LogP) is -0.630. The van der Waals surface area contributed by atoms with Crippen LogP contribution in [-0.2, 0) is 0 Å². The van der Waals surface area contributed by atoms with Gasteiger partial charge < -0.3 is 26.3 Å². The second-order valence-corrected chi connectivity index (χ2v) is 3.17. The molecule has 0 aromatic carbocycles. The molecule has 0 fully saturated rings. The molecule has 0 saturated carbocycles. The number of aliphatic hydroxyl groups is 2. The van der Waals surface area contributed by atoms with Crippen molar-refractivity contribution < 1.29 is 41.3 Å². The van der Waals surface area contributed by atoms with Crippen molar-refractivity contribution in [2.45, 2.75) is 31.5 Å². The summed E-state index contributed by atoms with van der Waals surface area (Å²) in [5.41, 5.74) is 5.73.